The first-order valence-electron chi connectivity index (χ1n) is 9.36. The Morgan fingerprint density at radius 2 is 2.11 bits per heavy atom. The van der Waals surface area contributed by atoms with E-state index in [1.165, 1.54) is 0 Å². The highest BCUT2D eigenvalue weighted by molar-refractivity contribution is 6.04. The van der Waals surface area contributed by atoms with Crippen LogP contribution in [0.15, 0.2) is 24.3 Å². The van der Waals surface area contributed by atoms with Gasteiger partial charge in [-0.2, -0.15) is 5.10 Å². The molecule has 3 aromatic rings. The standard InChI is InChI=1S/C19H24N6O3/c1-24-15-6-4-3-5-14(15)17(23-24)19(27)20-13-9-12(10-13)18-22-21-16(11-26)25(18)7-8-28-2/h3-6,12-13,26H,7-11H2,1-2H3,(H,20,27). The van der Waals surface area contributed by atoms with E-state index in [0.717, 1.165) is 29.6 Å². The molecule has 1 aromatic carbocycles. The van der Waals surface area contributed by atoms with Crippen molar-refractivity contribution in [2.24, 2.45) is 7.05 Å². The first kappa shape index (κ1) is 18.6. The summed E-state index contributed by atoms with van der Waals surface area (Å²) in [5.41, 5.74) is 1.38. The lowest BCUT2D eigenvalue weighted by atomic mass is 9.79. The quantitative estimate of drug-likeness (QED) is 0.629. The smallest absolute Gasteiger partial charge is 0.272 e. The number of rotatable bonds is 7. The maximum atomic E-state index is 12.7. The van der Waals surface area contributed by atoms with Crippen LogP contribution < -0.4 is 5.32 Å². The summed E-state index contributed by atoms with van der Waals surface area (Å²) < 4.78 is 8.78. The monoisotopic (exact) mass is 384 g/mol. The minimum absolute atomic E-state index is 0.0726. The molecule has 0 radical (unpaired) electrons. The van der Waals surface area contributed by atoms with Gasteiger partial charge in [0.1, 0.15) is 12.4 Å². The van der Waals surface area contributed by atoms with Crippen LogP contribution in [0, 0.1) is 0 Å². The predicted octanol–water partition coefficient (Wildman–Crippen LogP) is 0.979. The van der Waals surface area contributed by atoms with Crippen LogP contribution in [-0.4, -0.2) is 55.3 Å². The Kier molecular flexibility index (Phi) is 5.10. The number of hydrogen-bond acceptors (Lipinski definition) is 6. The first-order chi connectivity index (χ1) is 13.6. The van der Waals surface area contributed by atoms with E-state index in [4.69, 9.17) is 4.74 Å². The van der Waals surface area contributed by atoms with Crippen LogP contribution >= 0.6 is 0 Å². The fraction of sp³-hybridized carbons (Fsp3) is 0.474. The van der Waals surface area contributed by atoms with E-state index in [1.54, 1.807) is 11.8 Å². The molecular formula is C19H24N6O3. The fourth-order valence-electron chi connectivity index (χ4n) is 3.78. The molecule has 4 rings (SSSR count). The summed E-state index contributed by atoms with van der Waals surface area (Å²) >= 11 is 0. The third-order valence-electron chi connectivity index (χ3n) is 5.33. The third kappa shape index (κ3) is 3.27. The Hall–Kier alpha value is -2.78. The lowest BCUT2D eigenvalue weighted by Crippen LogP contribution is -2.44. The third-order valence-corrected chi connectivity index (χ3v) is 5.33. The highest BCUT2D eigenvalue weighted by atomic mass is 16.5. The molecule has 0 atom stereocenters. The largest absolute Gasteiger partial charge is 0.388 e. The molecule has 148 valence electrons. The number of ether oxygens (including phenoxy) is 1. The average Bonchev–Trinajstić information content (AvgIpc) is 3.23. The summed E-state index contributed by atoms with van der Waals surface area (Å²) in [6.45, 7) is 0.968. The number of aryl methyl sites for hydroxylation is 1. The number of carbonyl (C=O) groups excluding carboxylic acids is 1. The summed E-state index contributed by atoms with van der Waals surface area (Å²) in [4.78, 5) is 12.7. The molecule has 1 fully saturated rings. The lowest BCUT2D eigenvalue weighted by Gasteiger charge is -2.35. The molecular weight excluding hydrogens is 360 g/mol. The zero-order valence-electron chi connectivity index (χ0n) is 16.0. The number of amides is 1. The highest BCUT2D eigenvalue weighted by Gasteiger charge is 2.36. The molecule has 0 spiro atoms. The van der Waals surface area contributed by atoms with Crippen molar-refractivity contribution in [3.05, 3.63) is 41.6 Å². The van der Waals surface area contributed by atoms with E-state index in [9.17, 15) is 9.90 Å². The van der Waals surface area contributed by atoms with Crippen LogP contribution in [0.1, 0.15) is 40.9 Å². The van der Waals surface area contributed by atoms with Gasteiger partial charge in [0, 0.05) is 38.0 Å². The molecule has 1 saturated carbocycles. The Labute approximate surface area is 162 Å². The maximum Gasteiger partial charge on any atom is 0.272 e. The number of benzene rings is 1. The second-order valence-electron chi connectivity index (χ2n) is 7.11. The van der Waals surface area contributed by atoms with Crippen LogP contribution in [-0.2, 0) is 24.9 Å². The maximum absolute atomic E-state index is 12.7. The van der Waals surface area contributed by atoms with Crippen molar-refractivity contribution >= 4 is 16.8 Å². The zero-order valence-corrected chi connectivity index (χ0v) is 16.0. The lowest BCUT2D eigenvalue weighted by molar-refractivity contribution is 0.0902. The molecule has 1 aliphatic carbocycles. The molecule has 1 aliphatic rings. The van der Waals surface area contributed by atoms with Crippen molar-refractivity contribution in [1.29, 1.82) is 0 Å². The van der Waals surface area contributed by atoms with E-state index < -0.39 is 0 Å². The minimum Gasteiger partial charge on any atom is -0.388 e. The second kappa shape index (κ2) is 7.69. The average molecular weight is 384 g/mol. The molecule has 0 saturated heterocycles. The summed E-state index contributed by atoms with van der Waals surface area (Å²) in [5.74, 6) is 1.43. The molecule has 2 aromatic heterocycles. The van der Waals surface area contributed by atoms with Crippen LogP contribution in [0.4, 0.5) is 0 Å². The van der Waals surface area contributed by atoms with E-state index in [0.29, 0.717) is 24.7 Å². The second-order valence-corrected chi connectivity index (χ2v) is 7.11. The molecule has 1 amide bonds. The van der Waals surface area contributed by atoms with Gasteiger partial charge < -0.3 is 19.7 Å². The molecule has 28 heavy (non-hydrogen) atoms. The number of carbonyl (C=O) groups is 1. The van der Waals surface area contributed by atoms with Crippen molar-refractivity contribution in [2.45, 2.75) is 38.0 Å². The van der Waals surface area contributed by atoms with Gasteiger partial charge in [0.25, 0.3) is 5.91 Å². The van der Waals surface area contributed by atoms with Crippen molar-refractivity contribution in [2.75, 3.05) is 13.7 Å². The molecule has 9 heteroatoms. The number of methoxy groups -OCH3 is 1. The Balaban J connectivity index is 1.42. The summed E-state index contributed by atoms with van der Waals surface area (Å²) in [6.07, 6.45) is 1.57. The van der Waals surface area contributed by atoms with Gasteiger partial charge in [-0.25, -0.2) is 0 Å². The van der Waals surface area contributed by atoms with Crippen molar-refractivity contribution in [3.63, 3.8) is 0 Å². The SMILES string of the molecule is COCCn1c(CO)nnc1C1CC(NC(=O)c2nn(C)c3ccccc23)C1. The molecule has 0 unspecified atom stereocenters. The van der Waals surface area contributed by atoms with Crippen LogP contribution in [0.2, 0.25) is 0 Å². The minimum atomic E-state index is -0.156. The highest BCUT2D eigenvalue weighted by Crippen LogP contribution is 2.36. The topological polar surface area (TPSA) is 107 Å². The van der Waals surface area contributed by atoms with E-state index in [1.807, 2.05) is 35.9 Å². The van der Waals surface area contributed by atoms with Crippen LogP contribution in [0.5, 0.6) is 0 Å². The van der Waals surface area contributed by atoms with Gasteiger partial charge in [0.2, 0.25) is 0 Å². The van der Waals surface area contributed by atoms with E-state index >= 15 is 0 Å². The van der Waals surface area contributed by atoms with Crippen molar-refractivity contribution in [1.82, 2.24) is 29.9 Å². The van der Waals surface area contributed by atoms with Crippen molar-refractivity contribution < 1.29 is 14.6 Å². The summed E-state index contributed by atoms with van der Waals surface area (Å²) in [6, 6.07) is 7.77. The number of nitrogens with one attached hydrogen (secondary N) is 1. The Bertz CT molecular complexity index is 989. The molecule has 0 aliphatic heterocycles. The summed E-state index contributed by atoms with van der Waals surface area (Å²) in [5, 5.41) is 26.1. The van der Waals surface area contributed by atoms with E-state index in [2.05, 4.69) is 20.6 Å². The molecule has 2 N–H and O–H groups in total. The van der Waals surface area contributed by atoms with E-state index in [-0.39, 0.29) is 24.5 Å². The Morgan fingerprint density at radius 1 is 1.32 bits per heavy atom. The number of aromatic nitrogens is 5. The number of nitrogens with zero attached hydrogens (tertiary/aromatic N) is 5. The molecule has 2 heterocycles. The number of para-hydroxylation sites is 1. The van der Waals surface area contributed by atoms with Gasteiger partial charge in [-0.15, -0.1) is 10.2 Å². The van der Waals surface area contributed by atoms with Crippen LogP contribution in [0.3, 0.4) is 0 Å². The number of hydrogen-bond donors (Lipinski definition) is 2. The van der Waals surface area contributed by atoms with Crippen LogP contribution in [0.25, 0.3) is 10.9 Å². The number of aliphatic hydroxyl groups excluding tert-OH is 1. The Morgan fingerprint density at radius 3 is 2.86 bits per heavy atom. The fourth-order valence-corrected chi connectivity index (χ4v) is 3.78. The molecule has 0 bridgehead atoms. The molecule has 9 nitrogen and oxygen atoms in total. The van der Waals surface area contributed by atoms with Crippen molar-refractivity contribution in [3.8, 4) is 0 Å². The number of fused-ring (bicyclic) bond motifs is 1. The van der Waals surface area contributed by atoms with Gasteiger partial charge in [-0.1, -0.05) is 18.2 Å². The number of aliphatic hydroxyl groups is 1. The van der Waals surface area contributed by atoms with Gasteiger partial charge >= 0.3 is 0 Å². The normalized spacial score (nSPS) is 19.0. The van der Waals surface area contributed by atoms with Gasteiger partial charge in [-0.05, 0) is 18.9 Å². The zero-order chi connectivity index (χ0) is 19.7. The summed E-state index contributed by atoms with van der Waals surface area (Å²) in [7, 11) is 3.48. The van der Waals surface area contributed by atoms with Gasteiger partial charge in [-0.3, -0.25) is 9.48 Å². The predicted molar refractivity (Wildman–Crippen MR) is 102 cm³/mol. The van der Waals surface area contributed by atoms with Gasteiger partial charge in [0.05, 0.1) is 12.1 Å². The first-order valence-corrected chi connectivity index (χ1v) is 9.36. The van der Waals surface area contributed by atoms with Gasteiger partial charge in [0.15, 0.2) is 11.5 Å².